The highest BCUT2D eigenvalue weighted by Gasteiger charge is 2.22. The molecule has 1 N–H and O–H groups in total. The van der Waals surface area contributed by atoms with Gasteiger partial charge in [0, 0.05) is 13.1 Å². The van der Waals surface area contributed by atoms with Crippen molar-refractivity contribution in [2.24, 2.45) is 0 Å². The van der Waals surface area contributed by atoms with Gasteiger partial charge in [0.1, 0.15) is 12.4 Å². The van der Waals surface area contributed by atoms with Gasteiger partial charge in [-0.15, -0.1) is 0 Å². The largest absolute Gasteiger partial charge is 0.493 e. The number of ether oxygens (including phenoxy) is 3. The number of carbonyl (C=O) groups excluding carboxylic acids is 1. The van der Waals surface area contributed by atoms with Crippen molar-refractivity contribution in [1.29, 1.82) is 0 Å². The number of hydrogen-bond donors (Lipinski definition) is 1. The van der Waals surface area contributed by atoms with E-state index in [-0.39, 0.29) is 6.03 Å². The Balaban J connectivity index is 1.51. The first-order valence-corrected chi connectivity index (χ1v) is 9.06. The summed E-state index contributed by atoms with van der Waals surface area (Å²) in [6.45, 7) is 4.15. The van der Waals surface area contributed by atoms with Crippen LogP contribution in [0.5, 0.6) is 17.2 Å². The van der Waals surface area contributed by atoms with E-state index in [1.807, 2.05) is 43.3 Å². The van der Waals surface area contributed by atoms with Crippen LogP contribution in [0.2, 0.25) is 0 Å². The molecule has 27 heavy (non-hydrogen) atoms. The fraction of sp³-hybridized carbons (Fsp3) is 0.381. The molecule has 1 heterocycles. The van der Waals surface area contributed by atoms with Crippen molar-refractivity contribution in [2.75, 3.05) is 33.9 Å². The zero-order valence-electron chi connectivity index (χ0n) is 16.1. The number of benzene rings is 2. The summed E-state index contributed by atoms with van der Waals surface area (Å²) in [7, 11) is 3.25. The number of rotatable bonds is 6. The van der Waals surface area contributed by atoms with Crippen LogP contribution in [0.1, 0.15) is 16.7 Å². The van der Waals surface area contributed by atoms with E-state index in [2.05, 4.69) is 5.32 Å². The van der Waals surface area contributed by atoms with Crippen molar-refractivity contribution in [3.05, 3.63) is 53.1 Å². The van der Waals surface area contributed by atoms with Gasteiger partial charge in [0.2, 0.25) is 0 Å². The molecule has 144 valence electrons. The van der Waals surface area contributed by atoms with E-state index >= 15 is 0 Å². The number of urea groups is 1. The van der Waals surface area contributed by atoms with Crippen LogP contribution in [0.25, 0.3) is 0 Å². The molecule has 2 amide bonds. The van der Waals surface area contributed by atoms with Crippen LogP contribution in [-0.2, 0) is 13.0 Å². The van der Waals surface area contributed by atoms with Crippen LogP contribution in [0, 0.1) is 6.92 Å². The summed E-state index contributed by atoms with van der Waals surface area (Å²) in [5.41, 5.74) is 3.43. The Morgan fingerprint density at radius 1 is 1.11 bits per heavy atom. The monoisotopic (exact) mass is 370 g/mol. The minimum atomic E-state index is -0.0803. The fourth-order valence-corrected chi connectivity index (χ4v) is 3.20. The third kappa shape index (κ3) is 4.64. The molecule has 0 fully saturated rings. The van der Waals surface area contributed by atoms with Gasteiger partial charge in [0.05, 0.1) is 20.8 Å². The van der Waals surface area contributed by atoms with Gasteiger partial charge < -0.3 is 24.4 Å². The SMILES string of the molecule is COc1cc2c(cc1OC)CN(C(=O)NCCOc1cccc(C)c1)CC2. The van der Waals surface area contributed by atoms with E-state index in [0.717, 1.165) is 29.0 Å². The van der Waals surface area contributed by atoms with Crippen LogP contribution in [0.3, 0.4) is 0 Å². The van der Waals surface area contributed by atoms with Crippen LogP contribution in [-0.4, -0.2) is 44.8 Å². The van der Waals surface area contributed by atoms with Crippen molar-refractivity contribution in [3.8, 4) is 17.2 Å². The summed E-state index contributed by atoms with van der Waals surface area (Å²) in [5, 5.41) is 2.93. The van der Waals surface area contributed by atoms with E-state index in [4.69, 9.17) is 14.2 Å². The molecule has 1 aliphatic rings. The summed E-state index contributed by atoms with van der Waals surface area (Å²) >= 11 is 0. The van der Waals surface area contributed by atoms with Crippen molar-refractivity contribution >= 4 is 6.03 Å². The van der Waals surface area contributed by atoms with Gasteiger partial charge in [0.25, 0.3) is 0 Å². The number of methoxy groups -OCH3 is 2. The van der Waals surface area contributed by atoms with Gasteiger partial charge in [-0.05, 0) is 54.3 Å². The second kappa shape index (κ2) is 8.66. The number of fused-ring (bicyclic) bond motifs is 1. The molecule has 0 aromatic heterocycles. The van der Waals surface area contributed by atoms with Crippen LogP contribution < -0.4 is 19.5 Å². The first-order chi connectivity index (χ1) is 13.1. The maximum atomic E-state index is 12.5. The fourth-order valence-electron chi connectivity index (χ4n) is 3.20. The Bertz CT molecular complexity index is 807. The van der Waals surface area contributed by atoms with Crippen LogP contribution >= 0.6 is 0 Å². The average molecular weight is 370 g/mol. The molecule has 0 saturated heterocycles. The van der Waals surface area contributed by atoms with E-state index in [9.17, 15) is 4.79 Å². The quantitative estimate of drug-likeness (QED) is 0.794. The predicted octanol–water partition coefficient (Wildman–Crippen LogP) is 3.16. The Kier molecular flexibility index (Phi) is 6.06. The third-order valence-corrected chi connectivity index (χ3v) is 4.64. The highest BCUT2D eigenvalue weighted by atomic mass is 16.5. The molecule has 0 aliphatic carbocycles. The summed E-state index contributed by atoms with van der Waals surface area (Å²) in [6.07, 6.45) is 0.795. The van der Waals surface area contributed by atoms with Crippen molar-refractivity contribution in [1.82, 2.24) is 10.2 Å². The number of hydrogen-bond acceptors (Lipinski definition) is 4. The highest BCUT2D eigenvalue weighted by molar-refractivity contribution is 5.74. The van der Waals surface area contributed by atoms with Gasteiger partial charge in [-0.25, -0.2) is 4.79 Å². The zero-order chi connectivity index (χ0) is 19.2. The van der Waals surface area contributed by atoms with Crippen molar-refractivity contribution in [3.63, 3.8) is 0 Å². The maximum Gasteiger partial charge on any atom is 0.317 e. The molecule has 2 aromatic rings. The summed E-state index contributed by atoms with van der Waals surface area (Å²) in [4.78, 5) is 14.3. The molecule has 0 saturated carbocycles. The summed E-state index contributed by atoms with van der Waals surface area (Å²) in [5.74, 6) is 2.23. The lowest BCUT2D eigenvalue weighted by molar-refractivity contribution is 0.189. The molecule has 6 nitrogen and oxygen atoms in total. The highest BCUT2D eigenvalue weighted by Crippen LogP contribution is 2.33. The van der Waals surface area contributed by atoms with E-state index in [0.29, 0.717) is 32.0 Å². The first-order valence-electron chi connectivity index (χ1n) is 9.06. The molecule has 0 unspecified atom stereocenters. The van der Waals surface area contributed by atoms with Gasteiger partial charge in [-0.2, -0.15) is 0 Å². The van der Waals surface area contributed by atoms with Crippen molar-refractivity contribution < 1.29 is 19.0 Å². The number of nitrogens with zero attached hydrogens (tertiary/aromatic N) is 1. The van der Waals surface area contributed by atoms with Gasteiger partial charge in [-0.1, -0.05) is 12.1 Å². The Morgan fingerprint density at radius 2 is 1.85 bits per heavy atom. The number of carbonyl (C=O) groups is 1. The lowest BCUT2D eigenvalue weighted by Crippen LogP contribution is -2.43. The van der Waals surface area contributed by atoms with Crippen LogP contribution in [0.15, 0.2) is 36.4 Å². The number of aryl methyl sites for hydroxylation is 1. The standard InChI is InChI=1S/C21H26N2O4/c1-15-5-4-6-18(11-15)27-10-8-22-21(24)23-9-7-16-12-19(25-2)20(26-3)13-17(16)14-23/h4-6,11-13H,7-10,14H2,1-3H3,(H,22,24). The van der Waals surface area contributed by atoms with Gasteiger partial charge >= 0.3 is 6.03 Å². The number of amides is 2. The molecule has 0 spiro atoms. The molecule has 1 aliphatic heterocycles. The molecular formula is C21H26N2O4. The Hall–Kier alpha value is -2.89. The normalized spacial score (nSPS) is 12.9. The molecule has 2 aromatic carbocycles. The molecule has 0 atom stereocenters. The molecule has 0 radical (unpaired) electrons. The topological polar surface area (TPSA) is 60.0 Å². The van der Waals surface area contributed by atoms with Crippen LogP contribution in [0.4, 0.5) is 4.79 Å². The second-order valence-electron chi connectivity index (χ2n) is 6.54. The zero-order valence-corrected chi connectivity index (χ0v) is 16.1. The lowest BCUT2D eigenvalue weighted by Gasteiger charge is -2.29. The van der Waals surface area contributed by atoms with E-state index in [1.54, 1.807) is 19.1 Å². The summed E-state index contributed by atoms with van der Waals surface area (Å²) in [6, 6.07) is 11.7. The van der Waals surface area contributed by atoms with Gasteiger partial charge in [0.15, 0.2) is 11.5 Å². The summed E-state index contributed by atoms with van der Waals surface area (Å²) < 4.78 is 16.4. The van der Waals surface area contributed by atoms with E-state index in [1.165, 1.54) is 5.56 Å². The van der Waals surface area contributed by atoms with Crippen molar-refractivity contribution in [2.45, 2.75) is 19.9 Å². The Labute approximate surface area is 160 Å². The molecule has 3 rings (SSSR count). The number of nitrogens with one attached hydrogen (secondary N) is 1. The minimum Gasteiger partial charge on any atom is -0.493 e. The predicted molar refractivity (Wildman–Crippen MR) is 104 cm³/mol. The molecule has 6 heteroatoms. The minimum absolute atomic E-state index is 0.0803. The lowest BCUT2D eigenvalue weighted by atomic mass is 9.99. The average Bonchev–Trinajstić information content (AvgIpc) is 2.69. The molecular weight excluding hydrogens is 344 g/mol. The van der Waals surface area contributed by atoms with Gasteiger partial charge in [-0.3, -0.25) is 0 Å². The maximum absolute atomic E-state index is 12.5. The Morgan fingerprint density at radius 3 is 2.56 bits per heavy atom. The third-order valence-electron chi connectivity index (χ3n) is 4.64. The smallest absolute Gasteiger partial charge is 0.317 e. The molecule has 0 bridgehead atoms. The second-order valence-corrected chi connectivity index (χ2v) is 6.54. The first kappa shape index (κ1) is 18.9. The van der Waals surface area contributed by atoms with E-state index < -0.39 is 0 Å².